The largest absolute Gasteiger partial charge is 0.393 e. The molecular formula is C20H24ClNO2. The minimum absolute atomic E-state index is 0.0245. The van der Waals surface area contributed by atoms with E-state index in [1.54, 1.807) is 6.92 Å². The number of rotatable bonds is 8. The number of hydrogen-bond donors (Lipinski definition) is 2. The van der Waals surface area contributed by atoms with Crippen molar-refractivity contribution in [1.82, 2.24) is 5.32 Å². The maximum atomic E-state index is 12.1. The third-order valence-electron chi connectivity index (χ3n) is 4.00. The van der Waals surface area contributed by atoms with Crippen LogP contribution in [0, 0.1) is 0 Å². The van der Waals surface area contributed by atoms with Gasteiger partial charge in [-0.2, -0.15) is 0 Å². The number of aliphatic hydroxyl groups excluding tert-OH is 1. The quantitative estimate of drug-likeness (QED) is 0.761. The number of halogens is 1. The number of aryl methyl sites for hydroxylation is 1. The lowest BCUT2D eigenvalue weighted by molar-refractivity contribution is -0.121. The van der Waals surface area contributed by atoms with Gasteiger partial charge in [0.2, 0.25) is 5.91 Å². The smallest absolute Gasteiger partial charge is 0.220 e. The normalized spacial score (nSPS) is 13.3. The monoisotopic (exact) mass is 345 g/mol. The Labute approximate surface area is 148 Å². The second kappa shape index (κ2) is 9.45. The summed E-state index contributed by atoms with van der Waals surface area (Å²) >= 11 is 5.86. The molecule has 0 bridgehead atoms. The molecule has 0 aliphatic rings. The molecule has 2 aromatic rings. The summed E-state index contributed by atoms with van der Waals surface area (Å²) in [6.07, 6.45) is 1.36. The molecule has 3 nitrogen and oxygen atoms in total. The van der Waals surface area contributed by atoms with Crippen molar-refractivity contribution in [3.05, 3.63) is 70.7 Å². The van der Waals surface area contributed by atoms with Gasteiger partial charge in [0.15, 0.2) is 0 Å². The van der Waals surface area contributed by atoms with Crippen molar-refractivity contribution in [2.45, 2.75) is 38.2 Å². The average molecular weight is 346 g/mol. The van der Waals surface area contributed by atoms with Gasteiger partial charge >= 0.3 is 0 Å². The number of nitrogens with one attached hydrogen (secondary N) is 1. The zero-order valence-electron chi connectivity index (χ0n) is 13.9. The highest BCUT2D eigenvalue weighted by atomic mass is 35.5. The zero-order valence-corrected chi connectivity index (χ0v) is 14.7. The van der Waals surface area contributed by atoms with Crippen LogP contribution in [0.15, 0.2) is 54.6 Å². The van der Waals surface area contributed by atoms with Crippen molar-refractivity contribution in [1.29, 1.82) is 0 Å². The van der Waals surface area contributed by atoms with E-state index in [-0.39, 0.29) is 11.8 Å². The van der Waals surface area contributed by atoms with Crippen molar-refractivity contribution in [3.63, 3.8) is 0 Å². The van der Waals surface area contributed by atoms with Crippen LogP contribution >= 0.6 is 11.6 Å². The minimum Gasteiger partial charge on any atom is -0.393 e. The van der Waals surface area contributed by atoms with Crippen LogP contribution in [0.4, 0.5) is 0 Å². The van der Waals surface area contributed by atoms with E-state index in [0.29, 0.717) is 30.8 Å². The SMILES string of the molecule is CC(O)CC(CNC(=O)CCc1ccc(Cl)cc1)c1ccccc1. The molecule has 0 fully saturated rings. The summed E-state index contributed by atoms with van der Waals surface area (Å²) in [6, 6.07) is 17.5. The molecule has 0 heterocycles. The molecular weight excluding hydrogens is 322 g/mol. The Balaban J connectivity index is 1.84. The van der Waals surface area contributed by atoms with E-state index >= 15 is 0 Å². The first-order valence-corrected chi connectivity index (χ1v) is 8.66. The molecule has 0 saturated heterocycles. The lowest BCUT2D eigenvalue weighted by atomic mass is 9.93. The fraction of sp³-hybridized carbons (Fsp3) is 0.350. The van der Waals surface area contributed by atoms with Gasteiger partial charge in [0.1, 0.15) is 0 Å². The Kier molecular flexibility index (Phi) is 7.29. The number of hydrogen-bond acceptors (Lipinski definition) is 2. The molecule has 1 amide bonds. The predicted molar refractivity (Wildman–Crippen MR) is 98.3 cm³/mol. The average Bonchev–Trinajstić information content (AvgIpc) is 2.58. The van der Waals surface area contributed by atoms with Crippen molar-refractivity contribution < 1.29 is 9.90 Å². The molecule has 2 atom stereocenters. The van der Waals surface area contributed by atoms with Gasteiger partial charge in [0.25, 0.3) is 0 Å². The molecule has 4 heteroatoms. The van der Waals surface area contributed by atoms with Gasteiger partial charge in [0, 0.05) is 23.9 Å². The van der Waals surface area contributed by atoms with Crippen LogP contribution in [-0.4, -0.2) is 23.7 Å². The molecule has 24 heavy (non-hydrogen) atoms. The van der Waals surface area contributed by atoms with Crippen LogP contribution < -0.4 is 5.32 Å². The van der Waals surface area contributed by atoms with Gasteiger partial charge in [0.05, 0.1) is 6.10 Å². The summed E-state index contributed by atoms with van der Waals surface area (Å²) in [5.74, 6) is 0.141. The summed E-state index contributed by atoms with van der Waals surface area (Å²) in [7, 11) is 0. The third kappa shape index (κ3) is 6.34. The Morgan fingerprint density at radius 3 is 2.42 bits per heavy atom. The lowest BCUT2D eigenvalue weighted by Crippen LogP contribution is -2.29. The van der Waals surface area contributed by atoms with Crippen LogP contribution in [0.5, 0.6) is 0 Å². The Morgan fingerprint density at radius 2 is 1.79 bits per heavy atom. The van der Waals surface area contributed by atoms with Crippen molar-refractivity contribution in [2.24, 2.45) is 0 Å². The number of amides is 1. The van der Waals surface area contributed by atoms with E-state index in [9.17, 15) is 9.90 Å². The maximum Gasteiger partial charge on any atom is 0.220 e. The maximum absolute atomic E-state index is 12.1. The van der Waals surface area contributed by atoms with Crippen molar-refractivity contribution in [3.8, 4) is 0 Å². The molecule has 0 radical (unpaired) electrons. The van der Waals surface area contributed by atoms with Gasteiger partial charge in [-0.3, -0.25) is 4.79 Å². The molecule has 2 aromatic carbocycles. The standard InChI is InChI=1S/C20H24ClNO2/c1-15(23)13-18(17-5-3-2-4-6-17)14-22-20(24)12-9-16-7-10-19(21)11-8-16/h2-8,10-11,15,18,23H,9,12-14H2,1H3,(H,22,24). The van der Waals surface area contributed by atoms with Crippen LogP contribution in [0.3, 0.4) is 0 Å². The van der Waals surface area contributed by atoms with Crippen LogP contribution in [0.1, 0.15) is 36.8 Å². The fourth-order valence-corrected chi connectivity index (χ4v) is 2.83. The molecule has 2 N–H and O–H groups in total. The molecule has 2 rings (SSSR count). The number of benzene rings is 2. The second-order valence-electron chi connectivity index (χ2n) is 6.12. The predicted octanol–water partition coefficient (Wildman–Crippen LogP) is 3.94. The van der Waals surface area contributed by atoms with Crippen molar-refractivity contribution in [2.75, 3.05) is 6.54 Å². The Hall–Kier alpha value is -1.84. The van der Waals surface area contributed by atoms with Gasteiger partial charge in [-0.25, -0.2) is 0 Å². The van der Waals surface area contributed by atoms with Gasteiger partial charge in [-0.15, -0.1) is 0 Å². The summed E-state index contributed by atoms with van der Waals surface area (Å²) in [4.78, 5) is 12.1. The van der Waals surface area contributed by atoms with E-state index in [1.807, 2.05) is 54.6 Å². The van der Waals surface area contributed by atoms with Gasteiger partial charge < -0.3 is 10.4 Å². The minimum atomic E-state index is -0.402. The molecule has 0 saturated carbocycles. The van der Waals surface area contributed by atoms with E-state index < -0.39 is 6.10 Å². The van der Waals surface area contributed by atoms with Crippen molar-refractivity contribution >= 4 is 17.5 Å². The molecule has 128 valence electrons. The van der Waals surface area contributed by atoms with E-state index in [0.717, 1.165) is 11.1 Å². The molecule has 0 aliphatic carbocycles. The Morgan fingerprint density at radius 1 is 1.12 bits per heavy atom. The third-order valence-corrected chi connectivity index (χ3v) is 4.25. The second-order valence-corrected chi connectivity index (χ2v) is 6.56. The molecule has 0 aliphatic heterocycles. The molecule has 0 aromatic heterocycles. The van der Waals surface area contributed by atoms with Crippen LogP contribution in [0.25, 0.3) is 0 Å². The highest BCUT2D eigenvalue weighted by molar-refractivity contribution is 6.30. The highest BCUT2D eigenvalue weighted by Crippen LogP contribution is 2.20. The van der Waals surface area contributed by atoms with Crippen LogP contribution in [-0.2, 0) is 11.2 Å². The topological polar surface area (TPSA) is 49.3 Å². The van der Waals surface area contributed by atoms with E-state index in [1.165, 1.54) is 0 Å². The number of aliphatic hydroxyl groups is 1. The van der Waals surface area contributed by atoms with Gasteiger partial charge in [-0.05, 0) is 43.0 Å². The summed E-state index contributed by atoms with van der Waals surface area (Å²) in [5, 5.41) is 13.4. The first-order valence-electron chi connectivity index (χ1n) is 8.28. The number of carbonyl (C=O) groups excluding carboxylic acids is 1. The molecule has 0 spiro atoms. The highest BCUT2D eigenvalue weighted by Gasteiger charge is 2.15. The zero-order chi connectivity index (χ0) is 17.4. The van der Waals surface area contributed by atoms with Crippen LogP contribution in [0.2, 0.25) is 5.02 Å². The van der Waals surface area contributed by atoms with Gasteiger partial charge in [-0.1, -0.05) is 54.1 Å². The summed E-state index contributed by atoms with van der Waals surface area (Å²) < 4.78 is 0. The molecule has 2 unspecified atom stereocenters. The van der Waals surface area contributed by atoms with E-state index in [4.69, 9.17) is 11.6 Å². The Bertz CT molecular complexity index is 626. The lowest BCUT2D eigenvalue weighted by Gasteiger charge is -2.19. The summed E-state index contributed by atoms with van der Waals surface area (Å²) in [6.45, 7) is 2.31. The fourth-order valence-electron chi connectivity index (χ4n) is 2.71. The first-order chi connectivity index (χ1) is 11.5. The number of carbonyl (C=O) groups is 1. The van der Waals surface area contributed by atoms with E-state index in [2.05, 4.69) is 5.32 Å². The first kappa shape index (κ1) is 18.5. The summed E-state index contributed by atoms with van der Waals surface area (Å²) in [5.41, 5.74) is 2.23.